The first-order valence-corrected chi connectivity index (χ1v) is 8.30. The Hall–Kier alpha value is -1.44. The third kappa shape index (κ3) is 2.35. The van der Waals surface area contributed by atoms with Crippen molar-refractivity contribution in [1.82, 2.24) is 4.31 Å². The molecule has 0 saturated carbocycles. The molecule has 3 rings (SSSR count). The number of hydrogen-bond donors (Lipinski definition) is 1. The highest BCUT2D eigenvalue weighted by Gasteiger charge is 2.53. The van der Waals surface area contributed by atoms with Gasteiger partial charge in [-0.15, -0.1) is 0 Å². The van der Waals surface area contributed by atoms with Crippen LogP contribution in [0.1, 0.15) is 18.4 Å². The predicted octanol–water partition coefficient (Wildman–Crippen LogP) is 1.00. The highest BCUT2D eigenvalue weighted by Crippen LogP contribution is 2.37. The van der Waals surface area contributed by atoms with E-state index in [0.29, 0.717) is 13.0 Å². The first-order valence-electron chi connectivity index (χ1n) is 6.86. The first kappa shape index (κ1) is 14.5. The molecule has 21 heavy (non-hydrogen) atoms. The zero-order valence-electron chi connectivity index (χ0n) is 11.6. The van der Waals surface area contributed by atoms with Crippen LogP contribution < -0.4 is 0 Å². The van der Waals surface area contributed by atoms with Gasteiger partial charge in [0, 0.05) is 13.0 Å². The highest BCUT2D eigenvalue weighted by atomic mass is 32.2. The Kier molecular flexibility index (Phi) is 3.51. The minimum atomic E-state index is -3.83. The van der Waals surface area contributed by atoms with Crippen LogP contribution in [-0.2, 0) is 19.6 Å². The zero-order valence-corrected chi connectivity index (χ0v) is 12.4. The fourth-order valence-electron chi connectivity index (χ4n) is 3.10. The molecular weight excluding hydrogens is 294 g/mol. The summed E-state index contributed by atoms with van der Waals surface area (Å²) in [5.74, 6) is -1.12. The van der Waals surface area contributed by atoms with Gasteiger partial charge in [-0.1, -0.05) is 17.7 Å². The maximum Gasteiger partial charge on any atom is 0.322 e. The molecule has 0 amide bonds. The molecule has 1 unspecified atom stereocenters. The van der Waals surface area contributed by atoms with E-state index < -0.39 is 22.0 Å². The number of carboxylic acids is 1. The lowest BCUT2D eigenvalue weighted by Gasteiger charge is -2.25. The van der Waals surface area contributed by atoms with Crippen LogP contribution >= 0.6 is 0 Å². The maximum atomic E-state index is 12.8. The van der Waals surface area contributed by atoms with Crippen LogP contribution in [0.25, 0.3) is 0 Å². The van der Waals surface area contributed by atoms with E-state index >= 15 is 0 Å². The van der Waals surface area contributed by atoms with Crippen LogP contribution in [0, 0.1) is 6.92 Å². The molecule has 0 radical (unpaired) electrons. The van der Waals surface area contributed by atoms with Crippen molar-refractivity contribution < 1.29 is 23.1 Å². The van der Waals surface area contributed by atoms with Crippen molar-refractivity contribution in [3.63, 3.8) is 0 Å². The Bertz CT molecular complexity index is 654. The predicted molar refractivity (Wildman–Crippen MR) is 74.4 cm³/mol. The van der Waals surface area contributed by atoms with Gasteiger partial charge < -0.3 is 9.84 Å². The van der Waals surface area contributed by atoms with Gasteiger partial charge in [-0.2, -0.15) is 4.31 Å². The van der Waals surface area contributed by atoms with Gasteiger partial charge in [0.2, 0.25) is 10.0 Å². The molecule has 1 aromatic carbocycles. The van der Waals surface area contributed by atoms with Gasteiger partial charge >= 0.3 is 5.97 Å². The lowest BCUT2D eigenvalue weighted by atomic mass is 10.1. The molecule has 3 atom stereocenters. The molecule has 0 spiro atoms. The van der Waals surface area contributed by atoms with E-state index in [2.05, 4.69) is 0 Å². The number of hydrogen-bond acceptors (Lipinski definition) is 4. The number of sulfonamides is 1. The average molecular weight is 311 g/mol. The van der Waals surface area contributed by atoms with E-state index in [1.165, 1.54) is 12.1 Å². The van der Waals surface area contributed by atoms with E-state index in [1.807, 2.05) is 6.92 Å². The summed E-state index contributed by atoms with van der Waals surface area (Å²) in [5.41, 5.74) is 0.951. The monoisotopic (exact) mass is 311 g/mol. The van der Waals surface area contributed by atoms with Crippen LogP contribution in [-0.4, -0.2) is 48.6 Å². The quantitative estimate of drug-likeness (QED) is 0.900. The molecule has 1 N–H and O–H groups in total. The molecule has 7 heteroatoms. The number of fused-ring (bicyclic) bond motifs is 1. The summed E-state index contributed by atoms with van der Waals surface area (Å²) in [4.78, 5) is 11.5. The van der Waals surface area contributed by atoms with E-state index in [-0.39, 0.29) is 23.5 Å². The van der Waals surface area contributed by atoms with Gasteiger partial charge in [0.05, 0.1) is 17.0 Å². The topological polar surface area (TPSA) is 83.9 Å². The summed E-state index contributed by atoms with van der Waals surface area (Å²) in [7, 11) is -3.83. The van der Waals surface area contributed by atoms with E-state index in [4.69, 9.17) is 4.74 Å². The van der Waals surface area contributed by atoms with E-state index in [0.717, 1.165) is 9.87 Å². The lowest BCUT2D eigenvalue weighted by Crippen LogP contribution is -2.45. The van der Waals surface area contributed by atoms with Crippen molar-refractivity contribution in [2.45, 2.75) is 42.8 Å². The fraction of sp³-hybridized carbons (Fsp3) is 0.500. The van der Waals surface area contributed by atoms with Crippen LogP contribution in [0.4, 0.5) is 0 Å². The maximum absolute atomic E-state index is 12.8. The molecule has 2 saturated heterocycles. The SMILES string of the molecule is Cc1ccc(S(=O)(=O)N2C(C(=O)O)C[C@@H]3OCC[C@@H]32)cc1. The van der Waals surface area contributed by atoms with Crippen LogP contribution in [0.5, 0.6) is 0 Å². The molecule has 0 aromatic heterocycles. The first-order chi connectivity index (χ1) is 9.91. The minimum absolute atomic E-state index is 0.131. The van der Waals surface area contributed by atoms with Crippen LogP contribution in [0.3, 0.4) is 0 Å². The summed E-state index contributed by atoms with van der Waals surface area (Å²) in [5, 5.41) is 9.33. The summed E-state index contributed by atoms with van der Waals surface area (Å²) >= 11 is 0. The molecular formula is C14H17NO5S. The fourth-order valence-corrected chi connectivity index (χ4v) is 4.93. The second-order valence-electron chi connectivity index (χ2n) is 5.50. The number of nitrogens with zero attached hydrogens (tertiary/aromatic N) is 1. The number of rotatable bonds is 3. The van der Waals surface area contributed by atoms with Gasteiger partial charge in [0.15, 0.2) is 0 Å². The molecule has 0 bridgehead atoms. The van der Waals surface area contributed by atoms with Gasteiger partial charge in [-0.05, 0) is 25.5 Å². The molecule has 2 aliphatic heterocycles. The Balaban J connectivity index is 2.02. The number of ether oxygens (including phenoxy) is 1. The Labute approximate surface area is 123 Å². The number of aryl methyl sites for hydroxylation is 1. The number of aliphatic carboxylic acids is 1. The molecule has 0 aliphatic carbocycles. The molecule has 1 aromatic rings. The molecule has 2 fully saturated rings. The summed E-state index contributed by atoms with van der Waals surface area (Å²) in [6.45, 7) is 2.34. The Morgan fingerprint density at radius 2 is 2.00 bits per heavy atom. The van der Waals surface area contributed by atoms with Gasteiger partial charge in [-0.3, -0.25) is 4.79 Å². The third-order valence-electron chi connectivity index (χ3n) is 4.15. The second-order valence-corrected chi connectivity index (χ2v) is 7.35. The Morgan fingerprint density at radius 1 is 1.33 bits per heavy atom. The molecule has 2 aliphatic rings. The largest absolute Gasteiger partial charge is 0.480 e. The normalized spacial score (nSPS) is 29.5. The Morgan fingerprint density at radius 3 is 2.62 bits per heavy atom. The van der Waals surface area contributed by atoms with Crippen molar-refractivity contribution in [3.8, 4) is 0 Å². The minimum Gasteiger partial charge on any atom is -0.480 e. The molecule has 2 heterocycles. The zero-order chi connectivity index (χ0) is 15.2. The second kappa shape index (κ2) is 5.08. The smallest absolute Gasteiger partial charge is 0.322 e. The van der Waals surface area contributed by atoms with Crippen molar-refractivity contribution in [2.24, 2.45) is 0 Å². The van der Waals surface area contributed by atoms with Gasteiger partial charge in [0.25, 0.3) is 0 Å². The van der Waals surface area contributed by atoms with E-state index in [9.17, 15) is 18.3 Å². The summed E-state index contributed by atoms with van der Waals surface area (Å²) < 4.78 is 32.2. The number of carbonyl (C=O) groups is 1. The van der Waals surface area contributed by atoms with Gasteiger partial charge in [-0.25, -0.2) is 8.42 Å². The summed E-state index contributed by atoms with van der Waals surface area (Å²) in [6, 6.07) is 5.03. The standard InChI is InChI=1S/C14H17NO5S/c1-9-2-4-10(5-3-9)21(18,19)15-11-6-7-20-13(11)8-12(15)14(16)17/h2-5,11-13H,6-8H2,1H3,(H,16,17)/t11-,12?,13-/m0/s1. The van der Waals surface area contributed by atoms with Crippen molar-refractivity contribution in [2.75, 3.05) is 6.61 Å². The van der Waals surface area contributed by atoms with Crippen molar-refractivity contribution in [3.05, 3.63) is 29.8 Å². The van der Waals surface area contributed by atoms with Crippen LogP contribution in [0.15, 0.2) is 29.2 Å². The molecule has 114 valence electrons. The molecule has 6 nitrogen and oxygen atoms in total. The third-order valence-corrected chi connectivity index (χ3v) is 6.09. The average Bonchev–Trinajstić information content (AvgIpc) is 2.98. The van der Waals surface area contributed by atoms with E-state index in [1.54, 1.807) is 12.1 Å². The van der Waals surface area contributed by atoms with Crippen molar-refractivity contribution in [1.29, 1.82) is 0 Å². The van der Waals surface area contributed by atoms with Crippen molar-refractivity contribution >= 4 is 16.0 Å². The van der Waals surface area contributed by atoms with Crippen LogP contribution in [0.2, 0.25) is 0 Å². The lowest BCUT2D eigenvalue weighted by molar-refractivity contribution is -0.141. The summed E-state index contributed by atoms with van der Waals surface area (Å²) in [6.07, 6.45) is 0.441. The number of carboxylic acid groups (broad SMARTS) is 1. The van der Waals surface area contributed by atoms with Gasteiger partial charge in [0.1, 0.15) is 6.04 Å². The highest BCUT2D eigenvalue weighted by molar-refractivity contribution is 7.89. The number of benzene rings is 1.